The van der Waals surface area contributed by atoms with Crippen LogP contribution in [0.25, 0.3) is 10.2 Å². The Kier molecular flexibility index (Phi) is 3.52. The number of hydrogen-bond acceptors (Lipinski definition) is 5. The highest BCUT2D eigenvalue weighted by molar-refractivity contribution is 7.18. The molecule has 6 heteroatoms. The zero-order chi connectivity index (χ0) is 14.2. The Labute approximate surface area is 126 Å². The molecule has 0 spiro atoms. The molecule has 1 aliphatic carbocycles. The first-order chi connectivity index (χ1) is 10.3. The van der Waals surface area contributed by atoms with Gasteiger partial charge in [0.05, 0.1) is 18.0 Å². The highest BCUT2D eigenvalue weighted by Crippen LogP contribution is 2.34. The monoisotopic (exact) mass is 305 g/mol. The van der Waals surface area contributed by atoms with Crippen LogP contribution >= 0.6 is 11.3 Å². The number of H-pyrrole nitrogens is 1. The summed E-state index contributed by atoms with van der Waals surface area (Å²) in [4.78, 5) is 22.1. The molecule has 2 aromatic rings. The van der Waals surface area contributed by atoms with E-state index < -0.39 is 0 Å². The molecule has 2 aliphatic rings. The van der Waals surface area contributed by atoms with Crippen LogP contribution in [0.3, 0.4) is 0 Å². The van der Waals surface area contributed by atoms with Gasteiger partial charge in [-0.05, 0) is 37.7 Å². The van der Waals surface area contributed by atoms with Crippen LogP contribution in [0.4, 0.5) is 0 Å². The third-order valence-electron chi connectivity index (χ3n) is 4.31. The summed E-state index contributed by atoms with van der Waals surface area (Å²) in [6.45, 7) is 2.28. The van der Waals surface area contributed by atoms with Crippen LogP contribution in [-0.4, -0.2) is 29.2 Å². The van der Waals surface area contributed by atoms with Crippen molar-refractivity contribution in [2.45, 2.75) is 44.8 Å². The number of rotatable bonds is 4. The summed E-state index contributed by atoms with van der Waals surface area (Å²) in [5, 5.41) is 4.16. The van der Waals surface area contributed by atoms with E-state index in [1.807, 2.05) is 0 Å². The van der Waals surface area contributed by atoms with E-state index in [-0.39, 0.29) is 5.56 Å². The minimum Gasteiger partial charge on any atom is -0.377 e. The fourth-order valence-corrected chi connectivity index (χ4v) is 4.57. The minimum absolute atomic E-state index is 0.0216. The van der Waals surface area contributed by atoms with E-state index in [2.05, 4.69) is 15.3 Å². The van der Waals surface area contributed by atoms with Crippen LogP contribution < -0.4 is 10.9 Å². The number of aromatic amines is 1. The lowest BCUT2D eigenvalue weighted by Crippen LogP contribution is -2.27. The van der Waals surface area contributed by atoms with E-state index in [0.717, 1.165) is 54.9 Å². The molecule has 1 atom stereocenters. The average molecular weight is 305 g/mol. The fourth-order valence-electron chi connectivity index (χ4n) is 3.29. The number of nitrogens with zero attached hydrogens (tertiary/aromatic N) is 1. The van der Waals surface area contributed by atoms with E-state index in [9.17, 15) is 4.79 Å². The van der Waals surface area contributed by atoms with E-state index in [1.54, 1.807) is 11.3 Å². The van der Waals surface area contributed by atoms with Gasteiger partial charge in [0.25, 0.3) is 5.56 Å². The first-order valence-electron chi connectivity index (χ1n) is 7.67. The van der Waals surface area contributed by atoms with Gasteiger partial charge in [-0.1, -0.05) is 0 Å². The molecule has 1 saturated heterocycles. The van der Waals surface area contributed by atoms with Gasteiger partial charge in [0, 0.05) is 18.0 Å². The number of thiophene rings is 1. The molecule has 1 fully saturated rings. The van der Waals surface area contributed by atoms with Crippen LogP contribution in [0.2, 0.25) is 0 Å². The van der Waals surface area contributed by atoms with Crippen molar-refractivity contribution in [2.24, 2.45) is 0 Å². The molecule has 1 aliphatic heterocycles. The standard InChI is InChI=1S/C15H19N3O2S/c19-14-13-10-4-1-5-11(10)21-15(13)18-12(17-14)8-16-7-9-3-2-6-20-9/h9,16H,1-8H2,(H,17,18,19). The Morgan fingerprint density at radius 3 is 3.19 bits per heavy atom. The molecule has 0 radical (unpaired) electrons. The maximum atomic E-state index is 12.3. The van der Waals surface area contributed by atoms with Gasteiger partial charge in [0.1, 0.15) is 10.7 Å². The minimum atomic E-state index is 0.0216. The van der Waals surface area contributed by atoms with Gasteiger partial charge in [0.15, 0.2) is 0 Å². The summed E-state index contributed by atoms with van der Waals surface area (Å²) in [5.41, 5.74) is 1.26. The number of aromatic nitrogens is 2. The summed E-state index contributed by atoms with van der Waals surface area (Å²) in [7, 11) is 0. The van der Waals surface area contributed by atoms with Crippen molar-refractivity contribution in [2.75, 3.05) is 13.2 Å². The van der Waals surface area contributed by atoms with E-state index >= 15 is 0 Å². The van der Waals surface area contributed by atoms with Crippen LogP contribution in [-0.2, 0) is 24.1 Å². The maximum Gasteiger partial charge on any atom is 0.259 e. The molecule has 4 rings (SSSR count). The lowest BCUT2D eigenvalue weighted by atomic mass is 10.2. The summed E-state index contributed by atoms with van der Waals surface area (Å²) in [5.74, 6) is 0.727. The molecule has 0 amide bonds. The fraction of sp³-hybridized carbons (Fsp3) is 0.600. The third kappa shape index (κ3) is 2.52. The molecule has 2 aromatic heterocycles. The Bertz CT molecular complexity index is 716. The van der Waals surface area contributed by atoms with E-state index in [4.69, 9.17) is 4.74 Å². The number of hydrogen-bond donors (Lipinski definition) is 2. The van der Waals surface area contributed by atoms with Gasteiger partial charge in [-0.3, -0.25) is 4.79 Å². The Morgan fingerprint density at radius 1 is 1.38 bits per heavy atom. The van der Waals surface area contributed by atoms with Crippen LogP contribution in [0.15, 0.2) is 4.79 Å². The normalized spacial score (nSPS) is 21.2. The smallest absolute Gasteiger partial charge is 0.259 e. The molecular weight excluding hydrogens is 286 g/mol. The number of ether oxygens (including phenoxy) is 1. The topological polar surface area (TPSA) is 67.0 Å². The van der Waals surface area contributed by atoms with Gasteiger partial charge < -0.3 is 15.0 Å². The third-order valence-corrected chi connectivity index (χ3v) is 5.50. The lowest BCUT2D eigenvalue weighted by Gasteiger charge is -2.10. The Balaban J connectivity index is 1.52. The van der Waals surface area contributed by atoms with Crippen molar-refractivity contribution in [1.82, 2.24) is 15.3 Å². The molecular formula is C15H19N3O2S. The number of fused-ring (bicyclic) bond motifs is 3. The molecule has 3 heterocycles. The quantitative estimate of drug-likeness (QED) is 0.903. The second-order valence-electron chi connectivity index (χ2n) is 5.82. The molecule has 21 heavy (non-hydrogen) atoms. The predicted molar refractivity (Wildman–Crippen MR) is 82.9 cm³/mol. The second-order valence-corrected chi connectivity index (χ2v) is 6.90. The summed E-state index contributed by atoms with van der Waals surface area (Å²) in [6.07, 6.45) is 5.87. The highest BCUT2D eigenvalue weighted by Gasteiger charge is 2.21. The van der Waals surface area contributed by atoms with Crippen molar-refractivity contribution in [1.29, 1.82) is 0 Å². The van der Waals surface area contributed by atoms with Crippen molar-refractivity contribution in [3.05, 3.63) is 26.6 Å². The number of aryl methyl sites for hydroxylation is 2. The first kappa shape index (κ1) is 13.4. The van der Waals surface area contributed by atoms with Gasteiger partial charge in [-0.2, -0.15) is 0 Å². The molecule has 112 valence electrons. The zero-order valence-corrected chi connectivity index (χ0v) is 12.7. The molecule has 0 bridgehead atoms. The summed E-state index contributed by atoms with van der Waals surface area (Å²) in [6, 6.07) is 0. The molecule has 2 N–H and O–H groups in total. The molecule has 0 aromatic carbocycles. The van der Waals surface area contributed by atoms with Gasteiger partial charge >= 0.3 is 0 Å². The second kappa shape index (κ2) is 5.51. The van der Waals surface area contributed by atoms with Crippen molar-refractivity contribution < 1.29 is 4.74 Å². The SMILES string of the molecule is O=c1[nH]c(CNCC2CCCO2)nc2sc3c(c12)CCC3. The Hall–Kier alpha value is -1.24. The van der Waals surface area contributed by atoms with Gasteiger partial charge in [0.2, 0.25) is 0 Å². The summed E-state index contributed by atoms with van der Waals surface area (Å²) < 4.78 is 5.57. The van der Waals surface area contributed by atoms with Gasteiger partial charge in [-0.15, -0.1) is 11.3 Å². The largest absolute Gasteiger partial charge is 0.377 e. The summed E-state index contributed by atoms with van der Waals surface area (Å²) >= 11 is 1.69. The molecule has 1 unspecified atom stereocenters. The van der Waals surface area contributed by atoms with Crippen molar-refractivity contribution >= 4 is 21.6 Å². The maximum absolute atomic E-state index is 12.3. The zero-order valence-electron chi connectivity index (χ0n) is 11.9. The first-order valence-corrected chi connectivity index (χ1v) is 8.48. The van der Waals surface area contributed by atoms with Crippen molar-refractivity contribution in [3.63, 3.8) is 0 Å². The lowest BCUT2D eigenvalue weighted by molar-refractivity contribution is 0.110. The van der Waals surface area contributed by atoms with Crippen LogP contribution in [0.1, 0.15) is 35.5 Å². The molecule has 0 saturated carbocycles. The van der Waals surface area contributed by atoms with E-state index in [0.29, 0.717) is 12.6 Å². The molecule has 5 nitrogen and oxygen atoms in total. The average Bonchev–Trinajstić information content (AvgIpc) is 3.13. The van der Waals surface area contributed by atoms with Crippen LogP contribution in [0, 0.1) is 0 Å². The predicted octanol–water partition coefficient (Wildman–Crippen LogP) is 1.74. The van der Waals surface area contributed by atoms with E-state index in [1.165, 1.54) is 16.9 Å². The van der Waals surface area contributed by atoms with Crippen molar-refractivity contribution in [3.8, 4) is 0 Å². The highest BCUT2D eigenvalue weighted by atomic mass is 32.1. The van der Waals surface area contributed by atoms with Gasteiger partial charge in [-0.25, -0.2) is 4.98 Å². The van der Waals surface area contributed by atoms with Crippen LogP contribution in [0.5, 0.6) is 0 Å². The Morgan fingerprint density at radius 2 is 2.33 bits per heavy atom. The number of nitrogens with one attached hydrogen (secondary N) is 2.